The van der Waals surface area contributed by atoms with E-state index in [0.717, 1.165) is 16.7 Å². The van der Waals surface area contributed by atoms with Crippen LogP contribution in [0.2, 0.25) is 0 Å². The van der Waals surface area contributed by atoms with Crippen molar-refractivity contribution in [3.63, 3.8) is 0 Å². The highest BCUT2D eigenvalue weighted by molar-refractivity contribution is 6.16. The quantitative estimate of drug-likeness (QED) is 0.340. The summed E-state index contributed by atoms with van der Waals surface area (Å²) in [7, 11) is 1.33. The molecular formula is C29H27NO4. The molecule has 3 aromatic rings. The lowest BCUT2D eigenvalue weighted by Crippen LogP contribution is -2.28. The molecule has 0 radical (unpaired) electrons. The molecule has 5 nitrogen and oxygen atoms in total. The predicted octanol–water partition coefficient (Wildman–Crippen LogP) is 5.70. The molecule has 172 valence electrons. The van der Waals surface area contributed by atoms with Crippen molar-refractivity contribution in [1.82, 2.24) is 4.90 Å². The first kappa shape index (κ1) is 23.1. The monoisotopic (exact) mass is 453 g/mol. The van der Waals surface area contributed by atoms with Crippen LogP contribution in [0.1, 0.15) is 36.6 Å². The maximum Gasteiger partial charge on any atom is 0.340 e. The number of ether oxygens (including phenoxy) is 2. The molecule has 0 unspecified atom stereocenters. The van der Waals surface area contributed by atoms with Crippen LogP contribution in [-0.2, 0) is 20.9 Å². The molecule has 4 rings (SSSR count). The SMILES string of the molecule is COC(=O)C1=C(C)N([C@@H](C)c2ccccc2)C(=O)/C1=C\c1cccc(OCc2ccccc2)c1. The van der Waals surface area contributed by atoms with Crippen molar-refractivity contribution in [3.8, 4) is 5.75 Å². The summed E-state index contributed by atoms with van der Waals surface area (Å²) in [5, 5.41) is 0. The van der Waals surface area contributed by atoms with Gasteiger partial charge in [-0.15, -0.1) is 0 Å². The average Bonchev–Trinajstić information content (AvgIpc) is 3.12. The molecule has 0 aliphatic carbocycles. The van der Waals surface area contributed by atoms with Gasteiger partial charge in [0.05, 0.1) is 24.3 Å². The number of carbonyl (C=O) groups excluding carboxylic acids is 2. The van der Waals surface area contributed by atoms with E-state index in [-0.39, 0.29) is 17.5 Å². The molecule has 3 aromatic carbocycles. The number of carbonyl (C=O) groups is 2. The van der Waals surface area contributed by atoms with E-state index < -0.39 is 5.97 Å². The summed E-state index contributed by atoms with van der Waals surface area (Å²) >= 11 is 0. The first-order valence-corrected chi connectivity index (χ1v) is 11.2. The van der Waals surface area contributed by atoms with Crippen molar-refractivity contribution < 1.29 is 19.1 Å². The zero-order chi connectivity index (χ0) is 24.1. The summed E-state index contributed by atoms with van der Waals surface area (Å²) in [6.07, 6.45) is 1.73. The van der Waals surface area contributed by atoms with Crippen LogP contribution in [0, 0.1) is 0 Å². The number of hydrogen-bond acceptors (Lipinski definition) is 4. The Balaban J connectivity index is 1.65. The van der Waals surface area contributed by atoms with Crippen LogP contribution in [0.25, 0.3) is 6.08 Å². The predicted molar refractivity (Wildman–Crippen MR) is 132 cm³/mol. The van der Waals surface area contributed by atoms with Crippen molar-refractivity contribution in [2.24, 2.45) is 0 Å². The van der Waals surface area contributed by atoms with Crippen molar-refractivity contribution in [2.75, 3.05) is 7.11 Å². The Morgan fingerprint density at radius 1 is 0.971 bits per heavy atom. The molecule has 0 aromatic heterocycles. The minimum absolute atomic E-state index is 0.232. The van der Waals surface area contributed by atoms with Crippen LogP contribution in [0.15, 0.2) is 102 Å². The molecule has 0 saturated heterocycles. The van der Waals surface area contributed by atoms with Gasteiger partial charge in [0.25, 0.3) is 5.91 Å². The van der Waals surface area contributed by atoms with Gasteiger partial charge in [-0.3, -0.25) is 4.79 Å². The number of nitrogens with zero attached hydrogens (tertiary/aromatic N) is 1. The fourth-order valence-corrected chi connectivity index (χ4v) is 4.15. The zero-order valence-corrected chi connectivity index (χ0v) is 19.5. The van der Waals surface area contributed by atoms with E-state index in [9.17, 15) is 9.59 Å². The van der Waals surface area contributed by atoms with Crippen molar-refractivity contribution in [2.45, 2.75) is 26.5 Å². The topological polar surface area (TPSA) is 55.8 Å². The molecule has 1 heterocycles. The fourth-order valence-electron chi connectivity index (χ4n) is 4.15. The van der Waals surface area contributed by atoms with Crippen LogP contribution in [0.4, 0.5) is 0 Å². The van der Waals surface area contributed by atoms with Crippen molar-refractivity contribution >= 4 is 18.0 Å². The van der Waals surface area contributed by atoms with Crippen molar-refractivity contribution in [1.29, 1.82) is 0 Å². The maximum atomic E-state index is 13.5. The second kappa shape index (κ2) is 10.2. The highest BCUT2D eigenvalue weighted by Gasteiger charge is 2.39. The molecule has 0 bridgehead atoms. The lowest BCUT2D eigenvalue weighted by molar-refractivity contribution is -0.136. The second-order valence-corrected chi connectivity index (χ2v) is 8.12. The van der Waals surface area contributed by atoms with E-state index in [0.29, 0.717) is 23.6 Å². The molecule has 0 saturated carbocycles. The zero-order valence-electron chi connectivity index (χ0n) is 19.5. The lowest BCUT2D eigenvalue weighted by Gasteiger charge is -2.26. The number of rotatable bonds is 7. The highest BCUT2D eigenvalue weighted by Crippen LogP contribution is 2.37. The maximum absolute atomic E-state index is 13.5. The molecule has 1 amide bonds. The van der Waals surface area contributed by atoms with E-state index in [1.807, 2.05) is 91.9 Å². The average molecular weight is 454 g/mol. The van der Waals surface area contributed by atoms with E-state index in [1.165, 1.54) is 7.11 Å². The third kappa shape index (κ3) is 4.79. The smallest absolute Gasteiger partial charge is 0.340 e. The van der Waals surface area contributed by atoms with E-state index in [4.69, 9.17) is 9.47 Å². The molecule has 1 aliphatic rings. The molecule has 5 heteroatoms. The Kier molecular flexibility index (Phi) is 6.93. The summed E-state index contributed by atoms with van der Waals surface area (Å²) in [5.41, 5.74) is 3.98. The largest absolute Gasteiger partial charge is 0.489 e. The van der Waals surface area contributed by atoms with Gasteiger partial charge in [-0.2, -0.15) is 0 Å². The minimum atomic E-state index is -0.531. The summed E-state index contributed by atoms with van der Waals surface area (Å²) in [5.74, 6) is -0.0836. The van der Waals surface area contributed by atoms with E-state index >= 15 is 0 Å². The van der Waals surface area contributed by atoms with Crippen LogP contribution in [0.5, 0.6) is 5.75 Å². The van der Waals surface area contributed by atoms with Crippen LogP contribution in [0.3, 0.4) is 0 Å². The standard InChI is InChI=1S/C29H27NO4/c1-20(24-14-8-5-9-15-24)30-21(2)27(29(32)33-3)26(28(30)31)18-23-13-10-16-25(17-23)34-19-22-11-6-4-7-12-22/h4-18,20H,19H2,1-3H3/b26-18-/t20-/m0/s1. The Bertz CT molecular complexity index is 1250. The van der Waals surface area contributed by atoms with Gasteiger partial charge in [0.15, 0.2) is 0 Å². The van der Waals surface area contributed by atoms with Gasteiger partial charge in [0.2, 0.25) is 0 Å². The summed E-state index contributed by atoms with van der Waals surface area (Å²) in [6, 6.07) is 26.9. The lowest BCUT2D eigenvalue weighted by atomic mass is 10.0. The fraction of sp³-hybridized carbons (Fsp3) is 0.172. The number of methoxy groups -OCH3 is 1. The van der Waals surface area contributed by atoms with Gasteiger partial charge < -0.3 is 14.4 Å². The number of benzene rings is 3. The molecule has 1 aliphatic heterocycles. The normalized spacial score (nSPS) is 15.6. The van der Waals surface area contributed by atoms with Gasteiger partial charge in [0, 0.05) is 5.70 Å². The van der Waals surface area contributed by atoms with Crippen molar-refractivity contribution in [3.05, 3.63) is 118 Å². The Labute approximate surface area is 199 Å². The summed E-state index contributed by atoms with van der Waals surface area (Å²) in [4.78, 5) is 27.9. The van der Waals surface area contributed by atoms with Gasteiger partial charge in [-0.05, 0) is 48.7 Å². The van der Waals surface area contributed by atoms with E-state index in [2.05, 4.69) is 0 Å². The summed E-state index contributed by atoms with van der Waals surface area (Å²) in [6.45, 7) is 4.17. The first-order valence-electron chi connectivity index (χ1n) is 11.2. The second-order valence-electron chi connectivity index (χ2n) is 8.12. The number of esters is 1. The minimum Gasteiger partial charge on any atom is -0.489 e. The molecule has 0 N–H and O–H groups in total. The van der Waals surface area contributed by atoms with Gasteiger partial charge in [-0.25, -0.2) is 4.79 Å². The van der Waals surface area contributed by atoms with Gasteiger partial charge in [-0.1, -0.05) is 72.8 Å². The van der Waals surface area contributed by atoms with E-state index in [1.54, 1.807) is 17.9 Å². The molecular weight excluding hydrogens is 426 g/mol. The Morgan fingerprint density at radius 3 is 2.32 bits per heavy atom. The summed E-state index contributed by atoms with van der Waals surface area (Å²) < 4.78 is 11.0. The Morgan fingerprint density at radius 2 is 1.65 bits per heavy atom. The van der Waals surface area contributed by atoms with Crippen LogP contribution >= 0.6 is 0 Å². The highest BCUT2D eigenvalue weighted by atomic mass is 16.5. The number of hydrogen-bond donors (Lipinski definition) is 0. The third-order valence-electron chi connectivity index (χ3n) is 5.92. The molecule has 0 spiro atoms. The third-order valence-corrected chi connectivity index (χ3v) is 5.92. The molecule has 1 atom stereocenters. The van der Waals surface area contributed by atoms with Gasteiger partial charge in [0.1, 0.15) is 12.4 Å². The Hall–Kier alpha value is -4.12. The number of amides is 1. The first-order chi connectivity index (χ1) is 16.5. The number of allylic oxidation sites excluding steroid dienone is 1. The van der Waals surface area contributed by atoms with Crippen LogP contribution in [-0.4, -0.2) is 23.9 Å². The van der Waals surface area contributed by atoms with Gasteiger partial charge >= 0.3 is 5.97 Å². The molecule has 34 heavy (non-hydrogen) atoms. The van der Waals surface area contributed by atoms with Crippen LogP contribution < -0.4 is 4.74 Å². The molecule has 0 fully saturated rings.